The van der Waals surface area contributed by atoms with Gasteiger partial charge in [0.1, 0.15) is 60.4 Å². The van der Waals surface area contributed by atoms with E-state index in [4.69, 9.17) is 28.7 Å². The number of carbonyl (C=O) groups is 11. The number of aliphatic carboxylic acids is 1. The molecule has 33 heteroatoms. The molecule has 12 atom stereocenters. The minimum absolute atomic E-state index is 0.000679. The number of hydrogen-bond acceptors (Lipinski definition) is 18. The molecule has 1 aliphatic rings. The fraction of sp³-hybridized carbons (Fsp3) is 0.537. The third-order valence-corrected chi connectivity index (χ3v) is 17.4. The summed E-state index contributed by atoms with van der Waals surface area (Å²) in [4.78, 5) is 164. The Morgan fingerprint density at radius 1 is 0.510 bits per heavy atom. The highest BCUT2D eigenvalue weighted by Crippen LogP contribution is 2.22. The highest BCUT2D eigenvalue weighted by atomic mass is 32.2. The topological polar surface area (TPSA) is 515 Å². The SMILES string of the molecule is CSCC[C@H](NC(=O)[C@H](Cc1ccccc1)NC(=O)[C@@H]1CCCN1C(=O)[C@H](CCSC)NC(=O)[C@@H](NC(=O)[C@H](CO)NC(=O)[C@H](Cc1ccccc1)NC(=O)[C@H](CCCN=C(N)N)NC(=O)[C@H](CCCN=C(N)N)NC(=O)[C@@H](N)CC(C)C)[C@@H](C)O)C(=O)N[C@@H](Cc1ccccc1)C(=O)O. The zero-order valence-corrected chi connectivity index (χ0v) is 58.9. The van der Waals surface area contributed by atoms with E-state index in [9.17, 15) is 68.1 Å². The van der Waals surface area contributed by atoms with Gasteiger partial charge in [-0.1, -0.05) is 105 Å². The van der Waals surface area contributed by atoms with Gasteiger partial charge in [0, 0.05) is 38.9 Å². The average Bonchev–Trinajstić information content (AvgIpc) is 1.59. The number of aliphatic imine (C=N–C) groups is 2. The number of carboxylic acid groups (broad SMARTS) is 1. The minimum atomic E-state index is -1.84. The van der Waals surface area contributed by atoms with Gasteiger partial charge >= 0.3 is 5.97 Å². The van der Waals surface area contributed by atoms with Gasteiger partial charge in [0.2, 0.25) is 59.1 Å². The van der Waals surface area contributed by atoms with E-state index in [2.05, 4.69) is 57.8 Å². The van der Waals surface area contributed by atoms with Crippen LogP contribution in [0.4, 0.5) is 0 Å². The number of aliphatic hydroxyl groups excluding tert-OH is 2. The summed E-state index contributed by atoms with van der Waals surface area (Å²) in [7, 11) is 0. The van der Waals surface area contributed by atoms with Gasteiger partial charge in [-0.05, 0) is 111 Å². The van der Waals surface area contributed by atoms with Gasteiger partial charge in [-0.3, -0.25) is 57.9 Å². The average molecular weight is 1430 g/mol. The second-order valence-corrected chi connectivity index (χ2v) is 26.7. The summed E-state index contributed by atoms with van der Waals surface area (Å²) in [5.74, 6) is -9.46. The van der Waals surface area contributed by atoms with Crippen molar-refractivity contribution in [2.45, 2.75) is 170 Å². The van der Waals surface area contributed by atoms with Crippen LogP contribution in [0.3, 0.4) is 0 Å². The molecule has 10 amide bonds. The first-order valence-corrected chi connectivity index (χ1v) is 36.0. The molecule has 0 spiro atoms. The number of nitrogens with one attached hydrogen (secondary N) is 9. The summed E-state index contributed by atoms with van der Waals surface area (Å²) in [6, 6.07) is 10.6. The van der Waals surface area contributed by atoms with Crippen molar-refractivity contribution in [2.24, 2.45) is 44.6 Å². The summed E-state index contributed by atoms with van der Waals surface area (Å²) in [6.45, 7) is 4.01. The first-order valence-electron chi connectivity index (χ1n) is 33.2. The van der Waals surface area contributed by atoms with Crippen molar-refractivity contribution in [3.63, 3.8) is 0 Å². The lowest BCUT2D eigenvalue weighted by Gasteiger charge is -2.31. The van der Waals surface area contributed by atoms with Crippen LogP contribution in [0.25, 0.3) is 0 Å². The number of nitrogens with zero attached hydrogens (tertiary/aromatic N) is 3. The Kier molecular flexibility index (Phi) is 36.8. The van der Waals surface area contributed by atoms with E-state index in [0.29, 0.717) is 41.0 Å². The molecule has 1 aliphatic heterocycles. The quantitative estimate of drug-likeness (QED) is 0.0158. The van der Waals surface area contributed by atoms with Gasteiger partial charge in [-0.2, -0.15) is 23.5 Å². The number of thioether (sulfide) groups is 2. The Hall–Kier alpha value is -9.05. The molecule has 0 saturated carbocycles. The maximum Gasteiger partial charge on any atom is 0.326 e. The zero-order valence-electron chi connectivity index (χ0n) is 57.3. The Labute approximate surface area is 591 Å². The monoisotopic (exact) mass is 1430 g/mol. The Bertz CT molecular complexity index is 3210. The van der Waals surface area contributed by atoms with Crippen molar-refractivity contribution in [3.05, 3.63) is 108 Å². The fourth-order valence-electron chi connectivity index (χ4n) is 10.9. The first-order chi connectivity index (χ1) is 47.7. The molecule has 550 valence electrons. The van der Waals surface area contributed by atoms with Crippen molar-refractivity contribution in [3.8, 4) is 0 Å². The van der Waals surface area contributed by atoms with E-state index >= 15 is 0 Å². The number of rotatable bonds is 44. The van der Waals surface area contributed by atoms with E-state index in [1.54, 1.807) is 104 Å². The Morgan fingerprint density at radius 3 is 1.32 bits per heavy atom. The van der Waals surface area contributed by atoms with Gasteiger partial charge in [-0.15, -0.1) is 0 Å². The van der Waals surface area contributed by atoms with Gasteiger partial charge in [0.25, 0.3) is 0 Å². The van der Waals surface area contributed by atoms with Crippen LogP contribution in [-0.4, -0.2) is 220 Å². The van der Waals surface area contributed by atoms with E-state index in [1.165, 1.54) is 35.3 Å². The molecule has 0 bridgehead atoms. The van der Waals surface area contributed by atoms with Gasteiger partial charge in [0.05, 0.1) is 18.8 Å². The predicted octanol–water partition coefficient (Wildman–Crippen LogP) is -2.49. The molecule has 1 saturated heterocycles. The van der Waals surface area contributed by atoms with Crippen molar-refractivity contribution < 1.29 is 68.1 Å². The van der Waals surface area contributed by atoms with Crippen molar-refractivity contribution >= 4 is 100 Å². The van der Waals surface area contributed by atoms with Crippen LogP contribution in [0.15, 0.2) is 101 Å². The third kappa shape index (κ3) is 29.4. The van der Waals surface area contributed by atoms with Crippen LogP contribution in [0.1, 0.15) is 95.2 Å². The molecule has 0 aromatic heterocycles. The van der Waals surface area contributed by atoms with E-state index in [0.717, 1.165) is 0 Å². The number of benzene rings is 3. The molecule has 1 fully saturated rings. The minimum Gasteiger partial charge on any atom is -0.480 e. The van der Waals surface area contributed by atoms with Crippen LogP contribution in [0, 0.1) is 5.92 Å². The smallest absolute Gasteiger partial charge is 0.326 e. The van der Waals surface area contributed by atoms with Crippen LogP contribution in [-0.2, 0) is 72.0 Å². The molecule has 0 aliphatic carbocycles. The highest BCUT2D eigenvalue weighted by molar-refractivity contribution is 7.98. The van der Waals surface area contributed by atoms with E-state index < -0.39 is 144 Å². The lowest BCUT2D eigenvalue weighted by Crippen LogP contribution is -2.62. The summed E-state index contributed by atoms with van der Waals surface area (Å²) in [5, 5.41) is 55.4. The van der Waals surface area contributed by atoms with Gasteiger partial charge < -0.3 is 96.7 Å². The second kappa shape index (κ2) is 44.2. The normalized spacial score (nSPS) is 15.9. The number of guanidine groups is 2. The summed E-state index contributed by atoms with van der Waals surface area (Å²) in [5.41, 5.74) is 30.1. The second-order valence-electron chi connectivity index (χ2n) is 24.7. The van der Waals surface area contributed by atoms with Crippen LogP contribution >= 0.6 is 23.5 Å². The van der Waals surface area contributed by atoms with Gasteiger partial charge in [0.15, 0.2) is 11.9 Å². The molecule has 4 rings (SSSR count). The number of nitrogens with two attached hydrogens (primary N) is 5. The molecule has 22 N–H and O–H groups in total. The van der Waals surface area contributed by atoms with E-state index in [-0.39, 0.29) is 102 Å². The summed E-state index contributed by atoms with van der Waals surface area (Å²) in [6.07, 6.45) is 2.74. The van der Waals surface area contributed by atoms with Crippen molar-refractivity contribution in [1.29, 1.82) is 0 Å². The van der Waals surface area contributed by atoms with E-state index in [1.807, 2.05) is 13.8 Å². The molecular weight excluding hydrogens is 1330 g/mol. The number of aliphatic hydroxyl groups is 2. The van der Waals surface area contributed by atoms with Gasteiger partial charge in [-0.25, -0.2) is 4.79 Å². The number of carboxylic acids is 1. The molecule has 100 heavy (non-hydrogen) atoms. The molecule has 3 aromatic carbocycles. The lowest BCUT2D eigenvalue weighted by atomic mass is 10.0. The molecule has 31 nitrogen and oxygen atoms in total. The first kappa shape index (κ1) is 83.4. The zero-order chi connectivity index (χ0) is 73.8. The lowest BCUT2D eigenvalue weighted by molar-refractivity contribution is -0.143. The Balaban J connectivity index is 1.56. The maximum atomic E-state index is 14.7. The molecule has 3 aromatic rings. The summed E-state index contributed by atoms with van der Waals surface area (Å²) >= 11 is 2.74. The number of likely N-dealkylation sites (tertiary alicyclic amines) is 1. The standard InChI is InChI=1S/C67H101N17O14S2/c1-39(2)34-44(68)55(87)75-45(24-15-29-73-66(69)70)56(88)76-46(25-16-30-74-67(71)72)57(89)79-49(35-41-18-9-6-10-19-41)60(92)82-52(38-85)61(93)83-54(40(3)86)63(95)78-48(28-33-100-5)64(96)84-31-17-26-53(84)62(94)80-50(36-42-20-11-7-12-21-42)59(91)77-47(27-32-99-4)58(90)81-51(65(97)98)37-43-22-13-8-14-23-43/h6-14,18-23,39-40,44-54,85-86H,15-17,24-38,68H2,1-5H3,(H,75,87)(H,76,88)(H,77,91)(H,78,95)(H,79,89)(H,80,94)(H,81,90)(H,82,92)(H,83,93)(H,97,98)(H4,69,70,73)(H4,71,72,74)/t40-,44+,45+,46+,47+,48+,49+,50+,51+,52+,53+,54+/m1/s1. The fourth-order valence-corrected chi connectivity index (χ4v) is 11.8. The number of carbonyl (C=O) groups excluding carboxylic acids is 10. The Morgan fingerprint density at radius 2 is 0.890 bits per heavy atom. The summed E-state index contributed by atoms with van der Waals surface area (Å²) < 4.78 is 0. The molecule has 0 radical (unpaired) electrons. The van der Waals surface area contributed by atoms with Crippen LogP contribution < -0.4 is 76.5 Å². The third-order valence-electron chi connectivity index (χ3n) is 16.1. The highest BCUT2D eigenvalue weighted by Gasteiger charge is 2.41. The predicted molar refractivity (Wildman–Crippen MR) is 382 cm³/mol. The van der Waals surface area contributed by atoms with Crippen molar-refractivity contribution in [2.75, 3.05) is 50.3 Å². The van der Waals surface area contributed by atoms with Crippen LogP contribution in [0.5, 0.6) is 0 Å². The van der Waals surface area contributed by atoms with Crippen molar-refractivity contribution in [1.82, 2.24) is 52.8 Å². The molecular formula is C67H101N17O14S2. The maximum absolute atomic E-state index is 14.7. The van der Waals surface area contributed by atoms with Crippen LogP contribution in [0.2, 0.25) is 0 Å². The number of hydrogen-bond donors (Lipinski definition) is 17. The molecule has 1 heterocycles. The molecule has 0 unspecified atom stereocenters. The largest absolute Gasteiger partial charge is 0.480 e. The number of amides is 10.